The summed E-state index contributed by atoms with van der Waals surface area (Å²) in [5.41, 5.74) is 2.13. The van der Waals surface area contributed by atoms with Crippen LogP contribution in [0, 0.1) is 12.9 Å². The van der Waals surface area contributed by atoms with Crippen LogP contribution in [0.5, 0.6) is 0 Å². The molecule has 1 saturated heterocycles. The monoisotopic (exact) mass is 396 g/mol. The molecule has 29 heavy (non-hydrogen) atoms. The Kier molecular flexibility index (Phi) is 5.34. The molecule has 2 atom stereocenters. The highest BCUT2D eigenvalue weighted by molar-refractivity contribution is 5.93. The van der Waals surface area contributed by atoms with E-state index >= 15 is 4.39 Å². The quantitative estimate of drug-likeness (QED) is 0.681. The number of rotatable bonds is 4. The molecule has 152 valence electrons. The van der Waals surface area contributed by atoms with Crippen LogP contribution in [0.2, 0.25) is 0 Å². The predicted molar refractivity (Wildman–Crippen MR) is 108 cm³/mol. The number of carbonyl (C=O) groups is 1. The number of carbonyl (C=O) groups excluding carboxylic acids is 1. The molecule has 4 rings (SSSR count). The summed E-state index contributed by atoms with van der Waals surface area (Å²) in [7, 11) is 3.94. The molecule has 3 heterocycles. The van der Waals surface area contributed by atoms with E-state index < -0.39 is 11.9 Å². The summed E-state index contributed by atoms with van der Waals surface area (Å²) < 4.78 is 22.4. The molecule has 1 aromatic carbocycles. The first kappa shape index (κ1) is 19.5. The summed E-state index contributed by atoms with van der Waals surface area (Å²) in [6.07, 6.45) is 1.43. The molecule has 0 radical (unpaired) electrons. The average molecular weight is 396 g/mol. The molecule has 7 heteroatoms. The molecule has 6 nitrogen and oxygen atoms in total. The zero-order valence-electron chi connectivity index (χ0n) is 16.9. The zero-order chi connectivity index (χ0) is 20.5. The van der Waals surface area contributed by atoms with Crippen molar-refractivity contribution in [3.63, 3.8) is 0 Å². The van der Waals surface area contributed by atoms with Crippen molar-refractivity contribution in [2.45, 2.75) is 19.1 Å². The van der Waals surface area contributed by atoms with Crippen molar-refractivity contribution in [1.82, 2.24) is 19.2 Å². The van der Waals surface area contributed by atoms with E-state index in [1.807, 2.05) is 62.3 Å². The van der Waals surface area contributed by atoms with Crippen molar-refractivity contribution in [1.29, 1.82) is 0 Å². The van der Waals surface area contributed by atoms with Gasteiger partial charge in [-0.25, -0.2) is 4.98 Å². The maximum Gasteiger partial charge on any atom is 0.277 e. The van der Waals surface area contributed by atoms with Gasteiger partial charge in [0.2, 0.25) is 5.95 Å². The number of fused-ring (bicyclic) bond motifs is 1. The molecular formula is C22H25FN4O2. The first-order valence-corrected chi connectivity index (χ1v) is 9.72. The summed E-state index contributed by atoms with van der Waals surface area (Å²) in [5, 5.41) is 0. The number of amides is 1. The minimum atomic E-state index is -0.629. The van der Waals surface area contributed by atoms with Gasteiger partial charge in [-0.05, 0) is 38.2 Å². The predicted octanol–water partition coefficient (Wildman–Crippen LogP) is 2.93. The first-order chi connectivity index (χ1) is 14.0. The Morgan fingerprint density at radius 3 is 2.72 bits per heavy atom. The lowest BCUT2D eigenvalue weighted by atomic mass is 9.97. The number of aromatic nitrogens is 2. The van der Waals surface area contributed by atoms with Crippen LogP contribution >= 0.6 is 0 Å². The van der Waals surface area contributed by atoms with Gasteiger partial charge in [0.25, 0.3) is 5.91 Å². The fraction of sp³-hybridized carbons (Fsp3) is 0.364. The number of hydrogen-bond acceptors (Lipinski definition) is 4. The fourth-order valence-electron chi connectivity index (χ4n) is 3.91. The van der Waals surface area contributed by atoms with E-state index in [4.69, 9.17) is 4.74 Å². The highest BCUT2D eigenvalue weighted by atomic mass is 19.1. The third kappa shape index (κ3) is 3.75. The van der Waals surface area contributed by atoms with Crippen molar-refractivity contribution in [2.75, 3.05) is 33.8 Å². The summed E-state index contributed by atoms with van der Waals surface area (Å²) in [4.78, 5) is 21.4. The number of likely N-dealkylation sites (N-methyl/N-ethyl adjacent to an activating group) is 1. The average Bonchev–Trinajstić information content (AvgIpc) is 3.03. The van der Waals surface area contributed by atoms with Crippen LogP contribution in [0.3, 0.4) is 0 Å². The van der Waals surface area contributed by atoms with Crippen molar-refractivity contribution >= 4 is 11.6 Å². The molecule has 0 aliphatic carbocycles. The van der Waals surface area contributed by atoms with Crippen LogP contribution in [0.25, 0.3) is 5.65 Å². The number of ether oxygens (including phenoxy) is 1. The normalized spacial score (nSPS) is 19.8. The van der Waals surface area contributed by atoms with Gasteiger partial charge >= 0.3 is 0 Å². The van der Waals surface area contributed by atoms with Crippen LogP contribution in [0.15, 0.2) is 48.7 Å². The second-order valence-electron chi connectivity index (χ2n) is 7.71. The summed E-state index contributed by atoms with van der Waals surface area (Å²) in [6.45, 7) is 3.31. The lowest BCUT2D eigenvalue weighted by Crippen LogP contribution is -2.51. The maximum atomic E-state index is 15.1. The molecule has 2 aromatic heterocycles. The molecular weight excluding hydrogens is 371 g/mol. The van der Waals surface area contributed by atoms with Gasteiger partial charge < -0.3 is 14.5 Å². The standard InChI is InChI=1S/C22H25FN4O2/c1-15-9-10-18-24-19(21(23)27(18)13-15)22(28)26-11-12-29-17(14-25(2)3)20(26)16-7-5-4-6-8-16/h4-10,13,17,20H,11-12,14H2,1-3H3/t17-,20-/m0/s1. The smallest absolute Gasteiger partial charge is 0.277 e. The number of imidazole rings is 1. The van der Waals surface area contributed by atoms with Gasteiger partial charge in [0.15, 0.2) is 5.69 Å². The lowest BCUT2D eigenvalue weighted by Gasteiger charge is -2.42. The number of halogens is 1. The van der Waals surface area contributed by atoms with Gasteiger partial charge in [-0.1, -0.05) is 36.4 Å². The van der Waals surface area contributed by atoms with Crippen LogP contribution in [0.1, 0.15) is 27.7 Å². The summed E-state index contributed by atoms with van der Waals surface area (Å²) >= 11 is 0. The minimum absolute atomic E-state index is 0.151. The number of nitrogens with zero attached hydrogens (tertiary/aromatic N) is 4. The van der Waals surface area contributed by atoms with E-state index in [0.717, 1.165) is 11.1 Å². The number of hydrogen-bond donors (Lipinski definition) is 0. The Labute approximate surface area is 169 Å². The van der Waals surface area contributed by atoms with Crippen LogP contribution in [-0.4, -0.2) is 65.0 Å². The lowest BCUT2D eigenvalue weighted by molar-refractivity contribution is -0.0687. The third-order valence-electron chi connectivity index (χ3n) is 5.21. The van der Waals surface area contributed by atoms with Gasteiger partial charge in [0.05, 0.1) is 18.8 Å². The summed E-state index contributed by atoms with van der Waals surface area (Å²) in [5.74, 6) is -1.04. The fourth-order valence-corrected chi connectivity index (χ4v) is 3.91. The molecule has 0 unspecified atom stereocenters. The van der Waals surface area contributed by atoms with E-state index in [1.165, 1.54) is 4.40 Å². The molecule has 1 aliphatic rings. The van der Waals surface area contributed by atoms with Crippen molar-refractivity contribution in [3.05, 3.63) is 71.4 Å². The van der Waals surface area contributed by atoms with E-state index in [9.17, 15) is 4.79 Å². The van der Waals surface area contributed by atoms with Crippen molar-refractivity contribution < 1.29 is 13.9 Å². The van der Waals surface area contributed by atoms with Crippen LogP contribution in [-0.2, 0) is 4.74 Å². The Bertz CT molecular complexity index is 1020. The highest BCUT2D eigenvalue weighted by Gasteiger charge is 2.38. The molecule has 1 fully saturated rings. The van der Waals surface area contributed by atoms with E-state index in [1.54, 1.807) is 17.2 Å². The number of benzene rings is 1. The number of pyridine rings is 1. The first-order valence-electron chi connectivity index (χ1n) is 9.72. The van der Waals surface area contributed by atoms with E-state index in [0.29, 0.717) is 25.3 Å². The van der Waals surface area contributed by atoms with E-state index in [-0.39, 0.29) is 17.8 Å². The molecule has 3 aromatic rings. The number of morpholine rings is 1. The van der Waals surface area contributed by atoms with Gasteiger partial charge in [0, 0.05) is 19.3 Å². The topological polar surface area (TPSA) is 50.1 Å². The Hall–Kier alpha value is -2.77. The van der Waals surface area contributed by atoms with Gasteiger partial charge in [-0.15, -0.1) is 0 Å². The third-order valence-corrected chi connectivity index (χ3v) is 5.21. The molecule has 1 amide bonds. The second kappa shape index (κ2) is 7.93. The van der Waals surface area contributed by atoms with E-state index in [2.05, 4.69) is 4.98 Å². The molecule has 0 spiro atoms. The van der Waals surface area contributed by atoms with Crippen LogP contribution < -0.4 is 0 Å². The van der Waals surface area contributed by atoms with Gasteiger partial charge in [-0.2, -0.15) is 4.39 Å². The Morgan fingerprint density at radius 1 is 1.24 bits per heavy atom. The van der Waals surface area contributed by atoms with Gasteiger partial charge in [0.1, 0.15) is 5.65 Å². The van der Waals surface area contributed by atoms with Crippen molar-refractivity contribution in [2.24, 2.45) is 0 Å². The Morgan fingerprint density at radius 2 is 2.00 bits per heavy atom. The minimum Gasteiger partial charge on any atom is -0.373 e. The number of aryl methyl sites for hydroxylation is 1. The zero-order valence-corrected chi connectivity index (χ0v) is 16.9. The molecule has 1 aliphatic heterocycles. The molecule has 0 N–H and O–H groups in total. The maximum absolute atomic E-state index is 15.1. The Balaban J connectivity index is 1.75. The second-order valence-corrected chi connectivity index (χ2v) is 7.71. The SMILES string of the molecule is Cc1ccc2nc(C(=O)N3CCO[C@@H](CN(C)C)[C@@H]3c3ccccc3)c(F)n2c1. The van der Waals surface area contributed by atoms with Crippen LogP contribution in [0.4, 0.5) is 4.39 Å². The molecule has 0 saturated carbocycles. The highest BCUT2D eigenvalue weighted by Crippen LogP contribution is 2.31. The largest absolute Gasteiger partial charge is 0.373 e. The summed E-state index contributed by atoms with van der Waals surface area (Å²) in [6, 6.07) is 13.0. The molecule has 0 bridgehead atoms. The van der Waals surface area contributed by atoms with Gasteiger partial charge in [-0.3, -0.25) is 9.20 Å². The van der Waals surface area contributed by atoms with Crippen molar-refractivity contribution in [3.8, 4) is 0 Å².